The fourth-order valence-corrected chi connectivity index (χ4v) is 3.12. The van der Waals surface area contributed by atoms with E-state index in [4.69, 9.17) is 4.42 Å². The van der Waals surface area contributed by atoms with Crippen LogP contribution in [-0.2, 0) is 11.8 Å². The Kier molecular flexibility index (Phi) is 3.66. The minimum atomic E-state index is -0.126. The first-order chi connectivity index (χ1) is 11.7. The molecule has 0 aliphatic carbocycles. The molecule has 2 aromatic carbocycles. The lowest BCUT2D eigenvalue weighted by Crippen LogP contribution is -2.14. The molecule has 8 heteroatoms. The average Bonchev–Trinajstić information content (AvgIpc) is 3.15. The van der Waals surface area contributed by atoms with Crippen LogP contribution >= 0.6 is 11.8 Å². The smallest absolute Gasteiger partial charge is 0.234 e. The molecular formula is C16H13N5O2S. The van der Waals surface area contributed by atoms with E-state index < -0.39 is 0 Å². The lowest BCUT2D eigenvalue weighted by Gasteiger charge is -2.04. The summed E-state index contributed by atoms with van der Waals surface area (Å²) in [7, 11) is 1.73. The van der Waals surface area contributed by atoms with Crippen molar-refractivity contribution in [2.24, 2.45) is 7.05 Å². The normalized spacial score (nSPS) is 11.2. The highest BCUT2D eigenvalue weighted by Gasteiger charge is 2.10. The molecule has 1 N–H and O–H groups in total. The van der Waals surface area contributed by atoms with Gasteiger partial charge in [-0.3, -0.25) is 4.79 Å². The van der Waals surface area contributed by atoms with Gasteiger partial charge in [0, 0.05) is 29.6 Å². The van der Waals surface area contributed by atoms with Gasteiger partial charge in [0.05, 0.1) is 5.75 Å². The van der Waals surface area contributed by atoms with Crippen molar-refractivity contribution in [2.75, 3.05) is 11.1 Å². The molecule has 1 amide bonds. The monoisotopic (exact) mass is 339 g/mol. The van der Waals surface area contributed by atoms with Crippen molar-refractivity contribution in [2.45, 2.75) is 5.16 Å². The van der Waals surface area contributed by atoms with E-state index in [0.29, 0.717) is 10.8 Å². The van der Waals surface area contributed by atoms with E-state index in [1.807, 2.05) is 42.5 Å². The molecule has 0 aliphatic heterocycles. The highest BCUT2D eigenvalue weighted by Crippen LogP contribution is 2.30. The summed E-state index contributed by atoms with van der Waals surface area (Å²) >= 11 is 1.28. The minimum absolute atomic E-state index is 0.126. The van der Waals surface area contributed by atoms with Crippen LogP contribution in [0.4, 0.5) is 5.69 Å². The third-order valence-corrected chi connectivity index (χ3v) is 4.59. The maximum absolute atomic E-state index is 12.1. The van der Waals surface area contributed by atoms with E-state index in [2.05, 4.69) is 20.8 Å². The number of fused-ring (bicyclic) bond motifs is 3. The number of hydrogen-bond donors (Lipinski definition) is 1. The van der Waals surface area contributed by atoms with Crippen molar-refractivity contribution in [1.82, 2.24) is 20.2 Å². The quantitative estimate of drug-likeness (QED) is 0.575. The lowest BCUT2D eigenvalue weighted by atomic mass is 10.1. The zero-order valence-electron chi connectivity index (χ0n) is 12.8. The third-order valence-electron chi connectivity index (χ3n) is 3.58. The van der Waals surface area contributed by atoms with Crippen molar-refractivity contribution in [1.29, 1.82) is 0 Å². The van der Waals surface area contributed by atoms with Gasteiger partial charge in [-0.1, -0.05) is 30.0 Å². The van der Waals surface area contributed by atoms with Crippen LogP contribution in [0, 0.1) is 0 Å². The molecule has 0 fully saturated rings. The summed E-state index contributed by atoms with van der Waals surface area (Å²) in [4.78, 5) is 12.1. The number of carbonyl (C=O) groups excluding carboxylic acids is 1. The molecule has 2 aromatic heterocycles. The molecule has 0 saturated heterocycles. The number of para-hydroxylation sites is 1. The summed E-state index contributed by atoms with van der Waals surface area (Å²) in [5.74, 6) is 0.102. The predicted molar refractivity (Wildman–Crippen MR) is 91.9 cm³/mol. The Morgan fingerprint density at radius 3 is 2.88 bits per heavy atom. The van der Waals surface area contributed by atoms with Crippen molar-refractivity contribution < 1.29 is 9.21 Å². The van der Waals surface area contributed by atoms with Gasteiger partial charge in [0.2, 0.25) is 11.1 Å². The largest absolute Gasteiger partial charge is 0.456 e. The predicted octanol–water partition coefficient (Wildman–Crippen LogP) is 2.84. The van der Waals surface area contributed by atoms with E-state index in [1.165, 1.54) is 16.4 Å². The Hall–Kier alpha value is -2.87. The molecule has 0 radical (unpaired) electrons. The number of thioether (sulfide) groups is 1. The summed E-state index contributed by atoms with van der Waals surface area (Å²) < 4.78 is 7.35. The number of nitrogens with one attached hydrogen (secondary N) is 1. The first-order valence-corrected chi connectivity index (χ1v) is 8.25. The average molecular weight is 339 g/mol. The number of anilines is 1. The number of aryl methyl sites for hydroxylation is 1. The molecule has 0 aliphatic rings. The molecule has 24 heavy (non-hydrogen) atoms. The first kappa shape index (κ1) is 14.7. The van der Waals surface area contributed by atoms with Gasteiger partial charge in [-0.15, -0.1) is 5.10 Å². The molecule has 0 saturated carbocycles. The highest BCUT2D eigenvalue weighted by molar-refractivity contribution is 7.99. The van der Waals surface area contributed by atoms with Gasteiger partial charge in [0.25, 0.3) is 0 Å². The summed E-state index contributed by atoms with van der Waals surface area (Å²) in [6.45, 7) is 0. The van der Waals surface area contributed by atoms with E-state index in [9.17, 15) is 4.79 Å². The molecule has 0 unspecified atom stereocenters. The topological polar surface area (TPSA) is 85.8 Å². The number of benzene rings is 2. The van der Waals surface area contributed by atoms with Crippen LogP contribution < -0.4 is 5.32 Å². The van der Waals surface area contributed by atoms with Crippen molar-refractivity contribution in [3.8, 4) is 0 Å². The second kappa shape index (κ2) is 5.97. The summed E-state index contributed by atoms with van der Waals surface area (Å²) in [5, 5.41) is 16.6. The Morgan fingerprint density at radius 2 is 2.04 bits per heavy atom. The number of amides is 1. The molecular weight excluding hydrogens is 326 g/mol. The molecule has 2 heterocycles. The van der Waals surface area contributed by atoms with E-state index in [1.54, 1.807) is 7.05 Å². The van der Waals surface area contributed by atoms with Crippen LogP contribution in [0.2, 0.25) is 0 Å². The standard InChI is InChI=1S/C16H13N5O2S/c1-21-16(18-19-20-21)24-9-15(22)17-10-6-7-12-11-4-2-3-5-13(11)23-14(12)8-10/h2-8H,9H2,1H3,(H,17,22). The van der Waals surface area contributed by atoms with Gasteiger partial charge in [-0.25, -0.2) is 4.68 Å². The molecule has 0 bridgehead atoms. The van der Waals surface area contributed by atoms with Gasteiger partial charge < -0.3 is 9.73 Å². The summed E-state index contributed by atoms with van der Waals surface area (Å²) in [6, 6.07) is 13.5. The number of hydrogen-bond acceptors (Lipinski definition) is 6. The van der Waals surface area contributed by atoms with E-state index >= 15 is 0 Å². The SMILES string of the molecule is Cn1nnnc1SCC(=O)Nc1ccc2c(c1)oc1ccccc12. The Morgan fingerprint density at radius 1 is 1.21 bits per heavy atom. The van der Waals surface area contributed by atoms with Crippen LogP contribution in [-0.4, -0.2) is 31.9 Å². The van der Waals surface area contributed by atoms with Crippen LogP contribution in [0.5, 0.6) is 0 Å². The maximum atomic E-state index is 12.1. The van der Waals surface area contributed by atoms with Crippen molar-refractivity contribution in [3.05, 3.63) is 42.5 Å². The summed E-state index contributed by atoms with van der Waals surface area (Å²) in [5.41, 5.74) is 2.28. The van der Waals surface area contributed by atoms with Gasteiger partial charge in [-0.05, 0) is 28.6 Å². The van der Waals surface area contributed by atoms with Crippen molar-refractivity contribution in [3.63, 3.8) is 0 Å². The van der Waals surface area contributed by atoms with E-state index in [-0.39, 0.29) is 11.7 Å². The molecule has 7 nitrogen and oxygen atoms in total. The minimum Gasteiger partial charge on any atom is -0.456 e. The Bertz CT molecular complexity index is 1040. The van der Waals surface area contributed by atoms with Gasteiger partial charge in [0.15, 0.2) is 0 Å². The first-order valence-electron chi connectivity index (χ1n) is 7.27. The fourth-order valence-electron chi connectivity index (χ4n) is 2.47. The van der Waals surface area contributed by atoms with Gasteiger partial charge >= 0.3 is 0 Å². The fraction of sp³-hybridized carbons (Fsp3) is 0.125. The zero-order chi connectivity index (χ0) is 16.5. The van der Waals surface area contributed by atoms with Crippen molar-refractivity contribution >= 4 is 45.3 Å². The number of furan rings is 1. The van der Waals surface area contributed by atoms with Crippen LogP contribution in [0.15, 0.2) is 52.0 Å². The lowest BCUT2D eigenvalue weighted by molar-refractivity contribution is -0.113. The molecule has 4 rings (SSSR count). The third kappa shape index (κ3) is 2.71. The molecule has 120 valence electrons. The van der Waals surface area contributed by atoms with Crippen LogP contribution in [0.3, 0.4) is 0 Å². The maximum Gasteiger partial charge on any atom is 0.234 e. The molecule has 0 spiro atoms. The number of tetrazole rings is 1. The van der Waals surface area contributed by atoms with Crippen LogP contribution in [0.25, 0.3) is 21.9 Å². The Labute approximate surface area is 141 Å². The number of rotatable bonds is 4. The summed E-state index contributed by atoms with van der Waals surface area (Å²) in [6.07, 6.45) is 0. The molecule has 0 atom stereocenters. The second-order valence-corrected chi connectivity index (χ2v) is 6.17. The Balaban J connectivity index is 1.50. The van der Waals surface area contributed by atoms with E-state index in [0.717, 1.165) is 21.9 Å². The highest BCUT2D eigenvalue weighted by atomic mass is 32.2. The molecule has 4 aromatic rings. The number of aromatic nitrogens is 4. The number of nitrogens with zero attached hydrogens (tertiary/aromatic N) is 4. The van der Waals surface area contributed by atoms with Crippen LogP contribution in [0.1, 0.15) is 0 Å². The number of carbonyl (C=O) groups is 1. The second-order valence-electron chi connectivity index (χ2n) is 5.23. The van der Waals surface area contributed by atoms with Gasteiger partial charge in [0.1, 0.15) is 11.2 Å². The van der Waals surface area contributed by atoms with Gasteiger partial charge in [-0.2, -0.15) is 0 Å². The zero-order valence-corrected chi connectivity index (χ0v) is 13.6.